The molecule has 0 aliphatic carbocycles. The van der Waals surface area contributed by atoms with E-state index in [-0.39, 0.29) is 0 Å². The summed E-state index contributed by atoms with van der Waals surface area (Å²) in [6.07, 6.45) is 5.11. The van der Waals surface area contributed by atoms with E-state index in [1.165, 1.54) is 25.8 Å². The average molecular weight is 220 g/mol. The predicted molar refractivity (Wildman–Crippen MR) is 61.0 cm³/mol. The molecular weight excluding hydrogens is 198 g/mol. The van der Waals surface area contributed by atoms with Crippen molar-refractivity contribution in [1.29, 1.82) is 0 Å². The molecule has 0 amide bonds. The highest BCUT2D eigenvalue weighted by atomic mass is 35.5. The summed E-state index contributed by atoms with van der Waals surface area (Å²) >= 11 is 5.71. The molecule has 1 fully saturated rings. The van der Waals surface area contributed by atoms with Gasteiger partial charge in [0.15, 0.2) is 0 Å². The van der Waals surface area contributed by atoms with Crippen molar-refractivity contribution in [2.45, 2.75) is 38.6 Å². The normalized spacial score (nSPS) is 23.1. The molecule has 1 heterocycles. The van der Waals surface area contributed by atoms with Gasteiger partial charge in [-0.25, -0.2) is 0 Å². The molecule has 1 aliphatic rings. The van der Waals surface area contributed by atoms with Gasteiger partial charge in [0.1, 0.15) is 0 Å². The van der Waals surface area contributed by atoms with Crippen molar-refractivity contribution in [3.63, 3.8) is 0 Å². The summed E-state index contributed by atoms with van der Waals surface area (Å²) in [7, 11) is 0. The SMILES string of the molecule is CCOCCN1CCCC1CCCCl. The summed E-state index contributed by atoms with van der Waals surface area (Å²) in [5.41, 5.74) is 0. The number of nitrogens with zero attached hydrogens (tertiary/aromatic N) is 1. The molecule has 1 atom stereocenters. The van der Waals surface area contributed by atoms with Crippen LogP contribution in [0.1, 0.15) is 32.6 Å². The Kier molecular flexibility index (Phi) is 6.57. The van der Waals surface area contributed by atoms with Gasteiger partial charge in [-0.05, 0) is 39.2 Å². The van der Waals surface area contributed by atoms with Crippen LogP contribution < -0.4 is 0 Å². The molecular formula is C11H22ClNO. The Morgan fingerprint density at radius 2 is 2.36 bits per heavy atom. The lowest BCUT2D eigenvalue weighted by Crippen LogP contribution is -2.32. The predicted octanol–water partition coefficient (Wildman–Crippen LogP) is 2.51. The van der Waals surface area contributed by atoms with E-state index in [1.54, 1.807) is 0 Å². The maximum Gasteiger partial charge on any atom is 0.0593 e. The van der Waals surface area contributed by atoms with Crippen molar-refractivity contribution in [1.82, 2.24) is 4.90 Å². The van der Waals surface area contributed by atoms with E-state index in [1.807, 2.05) is 0 Å². The zero-order valence-corrected chi connectivity index (χ0v) is 9.93. The van der Waals surface area contributed by atoms with E-state index in [4.69, 9.17) is 16.3 Å². The Labute approximate surface area is 92.6 Å². The van der Waals surface area contributed by atoms with Crippen molar-refractivity contribution >= 4 is 11.6 Å². The molecule has 0 aromatic heterocycles. The second-order valence-corrected chi connectivity index (χ2v) is 4.24. The topological polar surface area (TPSA) is 12.5 Å². The Morgan fingerprint density at radius 1 is 1.50 bits per heavy atom. The van der Waals surface area contributed by atoms with Crippen LogP contribution in [0.4, 0.5) is 0 Å². The molecule has 1 saturated heterocycles. The molecule has 3 heteroatoms. The zero-order chi connectivity index (χ0) is 10.2. The first-order valence-electron chi connectivity index (χ1n) is 5.76. The van der Waals surface area contributed by atoms with Gasteiger partial charge in [0.25, 0.3) is 0 Å². The number of rotatable bonds is 7. The third-order valence-corrected chi connectivity index (χ3v) is 3.16. The third kappa shape index (κ3) is 4.16. The maximum atomic E-state index is 5.71. The molecule has 14 heavy (non-hydrogen) atoms. The van der Waals surface area contributed by atoms with Crippen molar-refractivity contribution in [3.05, 3.63) is 0 Å². The first-order valence-corrected chi connectivity index (χ1v) is 6.29. The summed E-state index contributed by atoms with van der Waals surface area (Å²) in [5.74, 6) is 0.801. The molecule has 0 aromatic carbocycles. The van der Waals surface area contributed by atoms with Gasteiger partial charge in [0.05, 0.1) is 6.61 Å². The van der Waals surface area contributed by atoms with Gasteiger partial charge in [0.2, 0.25) is 0 Å². The van der Waals surface area contributed by atoms with E-state index in [9.17, 15) is 0 Å². The fourth-order valence-corrected chi connectivity index (χ4v) is 2.31. The standard InChI is InChI=1S/C11H22ClNO/c1-2-14-10-9-13-8-4-6-11(13)5-3-7-12/h11H,2-10H2,1H3. The fourth-order valence-electron chi connectivity index (χ4n) is 2.16. The van der Waals surface area contributed by atoms with Gasteiger partial charge in [-0.3, -0.25) is 4.90 Å². The van der Waals surface area contributed by atoms with Crippen molar-refractivity contribution in [2.75, 3.05) is 32.2 Å². The minimum Gasteiger partial charge on any atom is -0.380 e. The van der Waals surface area contributed by atoms with Gasteiger partial charge in [-0.15, -0.1) is 11.6 Å². The average Bonchev–Trinajstić information content (AvgIpc) is 2.63. The number of likely N-dealkylation sites (tertiary alicyclic amines) is 1. The van der Waals surface area contributed by atoms with Crippen LogP contribution in [-0.2, 0) is 4.74 Å². The largest absolute Gasteiger partial charge is 0.380 e. The van der Waals surface area contributed by atoms with E-state index in [0.29, 0.717) is 0 Å². The highest BCUT2D eigenvalue weighted by Crippen LogP contribution is 2.20. The van der Waals surface area contributed by atoms with E-state index in [0.717, 1.165) is 38.1 Å². The molecule has 0 spiro atoms. The summed E-state index contributed by atoms with van der Waals surface area (Å²) in [6, 6.07) is 0.772. The van der Waals surface area contributed by atoms with Crippen LogP contribution in [0.25, 0.3) is 0 Å². The molecule has 0 saturated carbocycles. The molecule has 0 N–H and O–H groups in total. The summed E-state index contributed by atoms with van der Waals surface area (Å²) in [5, 5.41) is 0. The van der Waals surface area contributed by atoms with Crippen LogP contribution in [-0.4, -0.2) is 43.1 Å². The zero-order valence-electron chi connectivity index (χ0n) is 9.17. The number of alkyl halides is 1. The molecule has 0 aromatic rings. The summed E-state index contributed by atoms with van der Waals surface area (Å²) in [6.45, 7) is 6.11. The van der Waals surface area contributed by atoms with Gasteiger partial charge in [0, 0.05) is 25.1 Å². The second-order valence-electron chi connectivity index (χ2n) is 3.86. The Hall–Kier alpha value is 0.210. The number of halogens is 1. The van der Waals surface area contributed by atoms with Crippen LogP contribution in [0.3, 0.4) is 0 Å². The molecule has 0 bridgehead atoms. The van der Waals surface area contributed by atoms with Crippen LogP contribution in [0.2, 0.25) is 0 Å². The van der Waals surface area contributed by atoms with Crippen molar-refractivity contribution in [2.24, 2.45) is 0 Å². The maximum absolute atomic E-state index is 5.71. The molecule has 1 aliphatic heterocycles. The van der Waals surface area contributed by atoms with Crippen LogP contribution in [0, 0.1) is 0 Å². The van der Waals surface area contributed by atoms with Gasteiger partial charge in [-0.2, -0.15) is 0 Å². The van der Waals surface area contributed by atoms with Crippen molar-refractivity contribution in [3.8, 4) is 0 Å². The first-order chi connectivity index (χ1) is 6.88. The minimum absolute atomic E-state index is 0.772. The number of ether oxygens (including phenoxy) is 1. The second kappa shape index (κ2) is 7.49. The number of hydrogen-bond acceptors (Lipinski definition) is 2. The summed E-state index contributed by atoms with van der Waals surface area (Å²) < 4.78 is 5.38. The van der Waals surface area contributed by atoms with E-state index >= 15 is 0 Å². The Morgan fingerprint density at radius 3 is 3.07 bits per heavy atom. The molecule has 1 rings (SSSR count). The van der Waals surface area contributed by atoms with Gasteiger partial charge in [-0.1, -0.05) is 0 Å². The highest BCUT2D eigenvalue weighted by Gasteiger charge is 2.22. The van der Waals surface area contributed by atoms with Crippen molar-refractivity contribution < 1.29 is 4.74 Å². The molecule has 2 nitrogen and oxygen atoms in total. The third-order valence-electron chi connectivity index (χ3n) is 2.90. The molecule has 1 unspecified atom stereocenters. The highest BCUT2D eigenvalue weighted by molar-refractivity contribution is 6.17. The minimum atomic E-state index is 0.772. The van der Waals surface area contributed by atoms with Crippen LogP contribution in [0.5, 0.6) is 0 Å². The van der Waals surface area contributed by atoms with E-state index < -0.39 is 0 Å². The van der Waals surface area contributed by atoms with Gasteiger partial charge < -0.3 is 4.74 Å². The first kappa shape index (κ1) is 12.3. The fraction of sp³-hybridized carbons (Fsp3) is 1.00. The lowest BCUT2D eigenvalue weighted by atomic mass is 10.1. The van der Waals surface area contributed by atoms with E-state index in [2.05, 4.69) is 11.8 Å². The van der Waals surface area contributed by atoms with Crippen LogP contribution in [0.15, 0.2) is 0 Å². The van der Waals surface area contributed by atoms with Gasteiger partial charge >= 0.3 is 0 Å². The number of hydrogen-bond donors (Lipinski definition) is 0. The smallest absolute Gasteiger partial charge is 0.0593 e. The monoisotopic (exact) mass is 219 g/mol. The lowest BCUT2D eigenvalue weighted by Gasteiger charge is -2.23. The summed E-state index contributed by atoms with van der Waals surface area (Å²) in [4.78, 5) is 2.56. The quantitative estimate of drug-likeness (QED) is 0.482. The van der Waals surface area contributed by atoms with Crippen LogP contribution >= 0.6 is 11.6 Å². The Balaban J connectivity index is 2.14. The lowest BCUT2D eigenvalue weighted by molar-refractivity contribution is 0.107. The molecule has 84 valence electrons. The molecule has 0 radical (unpaired) electrons. The Bertz CT molecular complexity index is 143.